The van der Waals surface area contributed by atoms with E-state index >= 15 is 0 Å². The lowest BCUT2D eigenvalue weighted by molar-refractivity contribution is 0.229. The summed E-state index contributed by atoms with van der Waals surface area (Å²) in [6.07, 6.45) is 0. The summed E-state index contributed by atoms with van der Waals surface area (Å²) >= 11 is 0. The highest BCUT2D eigenvalue weighted by molar-refractivity contribution is 5.74. The molecule has 0 bridgehead atoms. The first-order valence-corrected chi connectivity index (χ1v) is 7.02. The Bertz CT molecular complexity index is 484. The SMILES string of the molecule is CN(C)CCN1CCN(c2cccc(C#N)c2N)CC1. The van der Waals surface area contributed by atoms with E-state index in [4.69, 9.17) is 11.0 Å². The summed E-state index contributed by atoms with van der Waals surface area (Å²) < 4.78 is 0. The van der Waals surface area contributed by atoms with Crippen LogP contribution in [0.1, 0.15) is 5.56 Å². The summed E-state index contributed by atoms with van der Waals surface area (Å²) in [6, 6.07) is 7.83. The number of benzene rings is 1. The first-order chi connectivity index (χ1) is 9.61. The average Bonchev–Trinajstić information content (AvgIpc) is 2.46. The fourth-order valence-corrected chi connectivity index (χ4v) is 2.48. The van der Waals surface area contributed by atoms with Gasteiger partial charge in [-0.2, -0.15) is 5.26 Å². The van der Waals surface area contributed by atoms with E-state index in [9.17, 15) is 0 Å². The Morgan fingerprint density at radius 3 is 2.55 bits per heavy atom. The van der Waals surface area contributed by atoms with E-state index < -0.39 is 0 Å². The summed E-state index contributed by atoms with van der Waals surface area (Å²) in [6.45, 7) is 6.22. The Balaban J connectivity index is 1.96. The maximum Gasteiger partial charge on any atom is 0.101 e. The number of nitrogens with two attached hydrogens (primary N) is 1. The molecule has 0 atom stereocenters. The van der Waals surface area contributed by atoms with Crippen LogP contribution < -0.4 is 10.6 Å². The molecule has 1 aliphatic heterocycles. The Labute approximate surface area is 121 Å². The highest BCUT2D eigenvalue weighted by Crippen LogP contribution is 2.27. The zero-order valence-corrected chi connectivity index (χ0v) is 12.3. The van der Waals surface area contributed by atoms with E-state index in [0.29, 0.717) is 11.3 Å². The molecule has 0 aromatic heterocycles. The van der Waals surface area contributed by atoms with Gasteiger partial charge < -0.3 is 15.5 Å². The van der Waals surface area contributed by atoms with Gasteiger partial charge in [-0.15, -0.1) is 0 Å². The summed E-state index contributed by atoms with van der Waals surface area (Å²) in [4.78, 5) is 6.96. The molecular weight excluding hydrogens is 250 g/mol. The molecule has 1 aromatic rings. The van der Waals surface area contributed by atoms with Crippen molar-refractivity contribution in [1.29, 1.82) is 5.26 Å². The third-order valence-corrected chi connectivity index (χ3v) is 3.78. The Hall–Kier alpha value is -1.77. The summed E-state index contributed by atoms with van der Waals surface area (Å²) in [7, 11) is 4.20. The van der Waals surface area contributed by atoms with Crippen molar-refractivity contribution in [2.45, 2.75) is 0 Å². The van der Waals surface area contributed by atoms with E-state index in [1.807, 2.05) is 12.1 Å². The van der Waals surface area contributed by atoms with E-state index in [1.54, 1.807) is 6.07 Å². The van der Waals surface area contributed by atoms with Gasteiger partial charge in [0.25, 0.3) is 0 Å². The number of nitriles is 1. The third kappa shape index (κ3) is 3.41. The molecule has 1 heterocycles. The smallest absolute Gasteiger partial charge is 0.101 e. The lowest BCUT2D eigenvalue weighted by Gasteiger charge is -2.37. The van der Waals surface area contributed by atoms with Crippen molar-refractivity contribution in [3.8, 4) is 6.07 Å². The second-order valence-electron chi connectivity index (χ2n) is 5.48. The van der Waals surface area contributed by atoms with Crippen molar-refractivity contribution < 1.29 is 0 Å². The maximum atomic E-state index is 9.04. The van der Waals surface area contributed by atoms with Crippen molar-refractivity contribution in [2.75, 3.05) is 64.0 Å². The lowest BCUT2D eigenvalue weighted by atomic mass is 10.1. The van der Waals surface area contributed by atoms with Crippen molar-refractivity contribution in [1.82, 2.24) is 9.80 Å². The highest BCUT2D eigenvalue weighted by Gasteiger charge is 2.19. The van der Waals surface area contributed by atoms with Crippen LogP contribution in [-0.2, 0) is 0 Å². The number of hydrogen-bond acceptors (Lipinski definition) is 5. The minimum Gasteiger partial charge on any atom is -0.396 e. The van der Waals surface area contributed by atoms with E-state index in [-0.39, 0.29) is 0 Å². The van der Waals surface area contributed by atoms with Crippen molar-refractivity contribution in [2.24, 2.45) is 0 Å². The number of hydrogen-bond donors (Lipinski definition) is 1. The molecule has 0 saturated carbocycles. The van der Waals surface area contributed by atoms with Gasteiger partial charge in [0.1, 0.15) is 6.07 Å². The molecule has 1 aliphatic rings. The van der Waals surface area contributed by atoms with Crippen LogP contribution in [0, 0.1) is 11.3 Å². The highest BCUT2D eigenvalue weighted by atomic mass is 15.3. The second kappa shape index (κ2) is 6.60. The summed E-state index contributed by atoms with van der Waals surface area (Å²) in [5.41, 5.74) is 8.25. The molecule has 0 amide bonds. The number of anilines is 2. The predicted octanol–water partition coefficient (Wildman–Crippen LogP) is 0.824. The molecule has 0 unspecified atom stereocenters. The molecule has 5 heteroatoms. The zero-order chi connectivity index (χ0) is 14.5. The van der Waals surface area contributed by atoms with Gasteiger partial charge in [0.05, 0.1) is 16.9 Å². The minimum atomic E-state index is 0.567. The molecule has 2 N–H and O–H groups in total. The number of piperazine rings is 1. The van der Waals surface area contributed by atoms with Gasteiger partial charge >= 0.3 is 0 Å². The van der Waals surface area contributed by atoms with Crippen LogP contribution in [0.3, 0.4) is 0 Å². The predicted molar refractivity (Wildman–Crippen MR) is 82.8 cm³/mol. The Kier molecular flexibility index (Phi) is 4.83. The first-order valence-electron chi connectivity index (χ1n) is 7.02. The van der Waals surface area contributed by atoms with E-state index in [2.05, 4.69) is 34.9 Å². The molecule has 1 aromatic carbocycles. The van der Waals surface area contributed by atoms with Gasteiger partial charge in [-0.3, -0.25) is 4.90 Å². The quantitative estimate of drug-likeness (QED) is 0.823. The number of nitrogens with zero attached hydrogens (tertiary/aromatic N) is 4. The van der Waals surface area contributed by atoms with Crippen LogP contribution in [-0.4, -0.2) is 63.2 Å². The monoisotopic (exact) mass is 273 g/mol. The zero-order valence-electron chi connectivity index (χ0n) is 12.3. The summed E-state index contributed by atoms with van der Waals surface area (Å²) in [5, 5.41) is 9.04. The van der Waals surface area contributed by atoms with Gasteiger partial charge in [0.2, 0.25) is 0 Å². The number of nitrogen functional groups attached to an aromatic ring is 1. The van der Waals surface area contributed by atoms with Gasteiger partial charge in [-0.05, 0) is 26.2 Å². The van der Waals surface area contributed by atoms with Crippen LogP contribution in [0.15, 0.2) is 18.2 Å². The molecule has 20 heavy (non-hydrogen) atoms. The molecule has 0 spiro atoms. The van der Waals surface area contributed by atoms with Crippen molar-refractivity contribution >= 4 is 11.4 Å². The van der Waals surface area contributed by atoms with Crippen LogP contribution in [0.2, 0.25) is 0 Å². The van der Waals surface area contributed by atoms with Gasteiger partial charge in [-0.25, -0.2) is 0 Å². The maximum absolute atomic E-state index is 9.04. The van der Waals surface area contributed by atoms with Crippen molar-refractivity contribution in [3.05, 3.63) is 23.8 Å². The third-order valence-electron chi connectivity index (χ3n) is 3.78. The molecule has 2 rings (SSSR count). The normalized spacial score (nSPS) is 16.4. The number of para-hydroxylation sites is 1. The number of likely N-dealkylation sites (N-methyl/N-ethyl adjacent to an activating group) is 1. The van der Waals surface area contributed by atoms with E-state index in [1.165, 1.54) is 0 Å². The Morgan fingerprint density at radius 1 is 1.25 bits per heavy atom. The van der Waals surface area contributed by atoms with Gasteiger partial charge in [-0.1, -0.05) is 6.07 Å². The number of rotatable bonds is 4. The van der Waals surface area contributed by atoms with Crippen molar-refractivity contribution in [3.63, 3.8) is 0 Å². The fourth-order valence-electron chi connectivity index (χ4n) is 2.48. The van der Waals surface area contributed by atoms with Gasteiger partial charge in [0.15, 0.2) is 0 Å². The minimum absolute atomic E-state index is 0.567. The largest absolute Gasteiger partial charge is 0.396 e. The van der Waals surface area contributed by atoms with E-state index in [0.717, 1.165) is 45.0 Å². The molecule has 0 radical (unpaired) electrons. The molecule has 1 saturated heterocycles. The fraction of sp³-hybridized carbons (Fsp3) is 0.533. The van der Waals surface area contributed by atoms with Gasteiger partial charge in [0, 0.05) is 39.3 Å². The molecule has 1 fully saturated rings. The Morgan fingerprint density at radius 2 is 1.95 bits per heavy atom. The standard InChI is InChI=1S/C15H23N5/c1-18(2)6-7-19-8-10-20(11-9-19)14-5-3-4-13(12-16)15(14)17/h3-5H,6-11,17H2,1-2H3. The van der Waals surface area contributed by atoms with Crippen LogP contribution in [0.4, 0.5) is 11.4 Å². The summed E-state index contributed by atoms with van der Waals surface area (Å²) in [5.74, 6) is 0. The van der Waals surface area contributed by atoms with Crippen LogP contribution >= 0.6 is 0 Å². The first kappa shape index (κ1) is 14.6. The average molecular weight is 273 g/mol. The molecule has 0 aliphatic carbocycles. The second-order valence-corrected chi connectivity index (χ2v) is 5.48. The molecule has 5 nitrogen and oxygen atoms in total. The lowest BCUT2D eigenvalue weighted by Crippen LogP contribution is -2.48. The van der Waals surface area contributed by atoms with Crippen LogP contribution in [0.5, 0.6) is 0 Å². The van der Waals surface area contributed by atoms with Crippen LogP contribution in [0.25, 0.3) is 0 Å². The molecule has 108 valence electrons. The molecular formula is C15H23N5. The topological polar surface area (TPSA) is 59.5 Å².